The maximum atomic E-state index is 5.90. The minimum atomic E-state index is 0.664. The minimum Gasteiger partial charge on any atom is -0.398 e. The molecule has 3 N–H and O–H groups in total. The molecule has 6 heteroatoms. The normalized spacial score (nSPS) is 10.4. The highest BCUT2D eigenvalue weighted by Crippen LogP contribution is 2.14. The van der Waals surface area contributed by atoms with Crippen LogP contribution in [0.3, 0.4) is 0 Å². The van der Waals surface area contributed by atoms with Crippen LogP contribution < -0.4 is 11.1 Å². The van der Waals surface area contributed by atoms with Crippen LogP contribution in [0.4, 0.5) is 11.4 Å². The van der Waals surface area contributed by atoms with Crippen LogP contribution in [-0.2, 0) is 6.54 Å². The summed E-state index contributed by atoms with van der Waals surface area (Å²) in [6.45, 7) is 0.664. The molecule has 0 radical (unpaired) electrons. The van der Waals surface area contributed by atoms with Crippen molar-refractivity contribution < 1.29 is 0 Å². The third-order valence-corrected chi connectivity index (χ3v) is 2.94. The van der Waals surface area contributed by atoms with Crippen LogP contribution in [0.5, 0.6) is 0 Å². The van der Waals surface area contributed by atoms with Crippen molar-refractivity contribution >= 4 is 11.4 Å². The standard InChI is InChI=1S/C14H14N6/c15-13-4-2-1-3-11(13)7-17-12-5-6-14(18-8-12)20-10-16-9-19-20/h1-6,8-10,17H,7,15H2. The van der Waals surface area contributed by atoms with Gasteiger partial charge in [0.15, 0.2) is 5.82 Å². The van der Waals surface area contributed by atoms with E-state index in [1.165, 1.54) is 6.33 Å². The van der Waals surface area contributed by atoms with Crippen LogP contribution in [-0.4, -0.2) is 19.7 Å². The number of aromatic nitrogens is 4. The lowest BCUT2D eigenvalue weighted by atomic mass is 10.2. The van der Waals surface area contributed by atoms with Gasteiger partial charge in [0, 0.05) is 12.2 Å². The molecule has 2 aromatic heterocycles. The third kappa shape index (κ3) is 2.59. The van der Waals surface area contributed by atoms with Crippen LogP contribution in [0.25, 0.3) is 5.82 Å². The Bertz CT molecular complexity index is 675. The predicted octanol–water partition coefficient (Wildman–Crippen LogP) is 1.86. The minimum absolute atomic E-state index is 0.664. The zero-order valence-electron chi connectivity index (χ0n) is 10.8. The number of rotatable bonds is 4. The molecule has 6 nitrogen and oxygen atoms in total. The molecule has 3 aromatic rings. The van der Waals surface area contributed by atoms with Gasteiger partial charge in [-0.15, -0.1) is 0 Å². The number of nitrogens with zero attached hydrogens (tertiary/aromatic N) is 4. The van der Waals surface area contributed by atoms with E-state index >= 15 is 0 Å². The fourth-order valence-electron chi connectivity index (χ4n) is 1.85. The first-order chi connectivity index (χ1) is 9.83. The molecule has 0 amide bonds. The molecule has 0 aliphatic carbocycles. The predicted molar refractivity (Wildman–Crippen MR) is 77.3 cm³/mol. The van der Waals surface area contributed by atoms with Crippen LogP contribution in [0.1, 0.15) is 5.56 Å². The topological polar surface area (TPSA) is 81.6 Å². The van der Waals surface area contributed by atoms with E-state index in [0.717, 1.165) is 22.8 Å². The Morgan fingerprint density at radius 1 is 1.15 bits per heavy atom. The highest BCUT2D eigenvalue weighted by atomic mass is 15.3. The van der Waals surface area contributed by atoms with Crippen molar-refractivity contribution in [1.82, 2.24) is 19.7 Å². The van der Waals surface area contributed by atoms with Crippen LogP contribution >= 0.6 is 0 Å². The highest BCUT2D eigenvalue weighted by molar-refractivity contribution is 5.50. The van der Waals surface area contributed by atoms with Crippen molar-refractivity contribution in [2.75, 3.05) is 11.1 Å². The Hall–Kier alpha value is -2.89. The van der Waals surface area contributed by atoms with Gasteiger partial charge in [0.2, 0.25) is 0 Å². The first-order valence-corrected chi connectivity index (χ1v) is 6.21. The number of hydrogen-bond donors (Lipinski definition) is 2. The zero-order valence-corrected chi connectivity index (χ0v) is 10.8. The summed E-state index contributed by atoms with van der Waals surface area (Å²) in [6, 6.07) is 11.6. The van der Waals surface area contributed by atoms with E-state index in [1.54, 1.807) is 17.2 Å². The summed E-state index contributed by atoms with van der Waals surface area (Å²) in [5.74, 6) is 0.729. The van der Waals surface area contributed by atoms with Gasteiger partial charge in [-0.25, -0.2) is 14.6 Å². The second-order valence-electron chi connectivity index (χ2n) is 4.30. The lowest BCUT2D eigenvalue weighted by molar-refractivity contribution is 0.845. The van der Waals surface area contributed by atoms with Gasteiger partial charge in [0.1, 0.15) is 12.7 Å². The first-order valence-electron chi connectivity index (χ1n) is 6.21. The Kier molecular flexibility index (Phi) is 3.28. The Labute approximate surface area is 116 Å². The summed E-state index contributed by atoms with van der Waals surface area (Å²) in [6.07, 6.45) is 4.85. The molecular formula is C14H14N6. The van der Waals surface area contributed by atoms with Gasteiger partial charge < -0.3 is 11.1 Å². The zero-order chi connectivity index (χ0) is 13.8. The molecule has 2 heterocycles. The quantitative estimate of drug-likeness (QED) is 0.704. The molecular weight excluding hydrogens is 252 g/mol. The molecule has 0 atom stereocenters. The molecule has 20 heavy (non-hydrogen) atoms. The van der Waals surface area contributed by atoms with Crippen molar-refractivity contribution in [3.63, 3.8) is 0 Å². The second kappa shape index (κ2) is 5.40. The van der Waals surface area contributed by atoms with Gasteiger partial charge in [-0.2, -0.15) is 5.10 Å². The van der Waals surface area contributed by atoms with E-state index in [9.17, 15) is 0 Å². The van der Waals surface area contributed by atoms with Gasteiger partial charge in [-0.05, 0) is 23.8 Å². The number of benzene rings is 1. The van der Waals surface area contributed by atoms with Crippen LogP contribution in [0.2, 0.25) is 0 Å². The maximum absolute atomic E-state index is 5.90. The number of nitrogens with two attached hydrogens (primary N) is 1. The van der Waals surface area contributed by atoms with Gasteiger partial charge in [-0.3, -0.25) is 0 Å². The number of pyridine rings is 1. The lowest BCUT2D eigenvalue weighted by Gasteiger charge is -2.08. The van der Waals surface area contributed by atoms with E-state index in [2.05, 4.69) is 20.4 Å². The fraction of sp³-hybridized carbons (Fsp3) is 0.0714. The van der Waals surface area contributed by atoms with Gasteiger partial charge in [0.05, 0.1) is 11.9 Å². The van der Waals surface area contributed by atoms with E-state index in [-0.39, 0.29) is 0 Å². The summed E-state index contributed by atoms with van der Waals surface area (Å²) in [7, 11) is 0. The molecule has 0 aliphatic heterocycles. The lowest BCUT2D eigenvalue weighted by Crippen LogP contribution is -2.04. The molecule has 3 rings (SSSR count). The van der Waals surface area contributed by atoms with Crippen molar-refractivity contribution in [1.29, 1.82) is 0 Å². The maximum Gasteiger partial charge on any atom is 0.155 e. The molecule has 0 aliphatic rings. The number of nitrogen functional groups attached to an aromatic ring is 1. The molecule has 0 spiro atoms. The smallest absolute Gasteiger partial charge is 0.155 e. The summed E-state index contributed by atoms with van der Waals surface area (Å²) < 4.78 is 1.61. The average molecular weight is 266 g/mol. The van der Waals surface area contributed by atoms with Gasteiger partial charge >= 0.3 is 0 Å². The number of para-hydroxylation sites is 1. The van der Waals surface area contributed by atoms with Gasteiger partial charge in [-0.1, -0.05) is 18.2 Å². The van der Waals surface area contributed by atoms with Crippen molar-refractivity contribution in [3.8, 4) is 5.82 Å². The molecule has 0 fully saturated rings. The molecule has 100 valence electrons. The number of anilines is 2. The Balaban J connectivity index is 1.68. The molecule has 0 bridgehead atoms. The molecule has 1 aromatic carbocycles. The fourth-order valence-corrected chi connectivity index (χ4v) is 1.85. The van der Waals surface area contributed by atoms with Crippen molar-refractivity contribution in [2.24, 2.45) is 0 Å². The molecule has 0 unspecified atom stereocenters. The van der Waals surface area contributed by atoms with Gasteiger partial charge in [0.25, 0.3) is 0 Å². The molecule has 0 saturated carbocycles. The van der Waals surface area contributed by atoms with E-state index in [0.29, 0.717) is 6.54 Å². The van der Waals surface area contributed by atoms with Crippen LogP contribution in [0.15, 0.2) is 55.2 Å². The summed E-state index contributed by atoms with van der Waals surface area (Å²) in [5.41, 5.74) is 8.67. The monoisotopic (exact) mass is 266 g/mol. The van der Waals surface area contributed by atoms with Crippen molar-refractivity contribution in [2.45, 2.75) is 6.54 Å². The summed E-state index contributed by atoms with van der Waals surface area (Å²) >= 11 is 0. The third-order valence-electron chi connectivity index (χ3n) is 2.94. The van der Waals surface area contributed by atoms with Crippen molar-refractivity contribution in [3.05, 3.63) is 60.8 Å². The molecule has 0 saturated heterocycles. The number of nitrogens with one attached hydrogen (secondary N) is 1. The summed E-state index contributed by atoms with van der Waals surface area (Å²) in [5, 5.41) is 7.31. The van der Waals surface area contributed by atoms with Crippen LogP contribution in [0, 0.1) is 0 Å². The highest BCUT2D eigenvalue weighted by Gasteiger charge is 2.00. The first kappa shape index (κ1) is 12.2. The van der Waals surface area contributed by atoms with E-state index in [4.69, 9.17) is 5.73 Å². The van der Waals surface area contributed by atoms with E-state index in [1.807, 2.05) is 36.4 Å². The van der Waals surface area contributed by atoms with E-state index < -0.39 is 0 Å². The average Bonchev–Trinajstić information content (AvgIpc) is 3.01. The Morgan fingerprint density at radius 3 is 2.75 bits per heavy atom. The summed E-state index contributed by atoms with van der Waals surface area (Å²) in [4.78, 5) is 8.21. The number of hydrogen-bond acceptors (Lipinski definition) is 5. The SMILES string of the molecule is Nc1ccccc1CNc1ccc(-n2cncn2)nc1. The second-order valence-corrected chi connectivity index (χ2v) is 4.30. The largest absolute Gasteiger partial charge is 0.398 e. The Morgan fingerprint density at radius 2 is 2.05 bits per heavy atom.